The molecule has 1 saturated heterocycles. The van der Waals surface area contributed by atoms with Crippen molar-refractivity contribution in [3.05, 3.63) is 18.5 Å². The Labute approximate surface area is 112 Å². The molecule has 0 spiro atoms. The lowest BCUT2D eigenvalue weighted by Gasteiger charge is -2.43. The molecule has 19 heavy (non-hydrogen) atoms. The lowest BCUT2D eigenvalue weighted by molar-refractivity contribution is -0.159. The highest BCUT2D eigenvalue weighted by Crippen LogP contribution is 2.35. The molecule has 1 N–H and O–H groups in total. The summed E-state index contributed by atoms with van der Waals surface area (Å²) in [5.74, 6) is -1.12. The second-order valence-corrected chi connectivity index (χ2v) is 5.62. The summed E-state index contributed by atoms with van der Waals surface area (Å²) in [6, 6.07) is 0.978. The number of hydrogen-bond donors (Lipinski definition) is 1. The zero-order chi connectivity index (χ0) is 14.0. The van der Waals surface area contributed by atoms with Crippen molar-refractivity contribution in [2.45, 2.75) is 39.3 Å². The minimum Gasteiger partial charge on any atom is -0.480 e. The molecule has 2 rings (SSSR count). The number of carboxylic acid groups (broad SMARTS) is 1. The van der Waals surface area contributed by atoms with Crippen LogP contribution >= 0.6 is 0 Å². The first-order chi connectivity index (χ1) is 8.92. The predicted molar refractivity (Wildman–Crippen MR) is 68.4 cm³/mol. The summed E-state index contributed by atoms with van der Waals surface area (Å²) in [4.78, 5) is 25.2. The van der Waals surface area contributed by atoms with Gasteiger partial charge in [0.15, 0.2) is 0 Å². The molecule has 0 aliphatic carbocycles. The Hall–Kier alpha value is -1.85. The van der Waals surface area contributed by atoms with Crippen molar-refractivity contribution in [1.82, 2.24) is 14.7 Å². The number of nitrogens with zero attached hydrogens (tertiary/aromatic N) is 3. The number of likely N-dealkylation sites (tertiary alicyclic amines) is 1. The van der Waals surface area contributed by atoms with E-state index >= 15 is 0 Å². The van der Waals surface area contributed by atoms with Crippen LogP contribution in [0.25, 0.3) is 0 Å². The molecule has 1 aliphatic rings. The van der Waals surface area contributed by atoms with Crippen LogP contribution in [0.2, 0.25) is 0 Å². The lowest BCUT2D eigenvalue weighted by atomic mass is 9.76. The fourth-order valence-electron chi connectivity index (χ4n) is 2.75. The van der Waals surface area contributed by atoms with E-state index in [0.717, 1.165) is 12.8 Å². The van der Waals surface area contributed by atoms with E-state index in [1.54, 1.807) is 18.5 Å². The van der Waals surface area contributed by atoms with Crippen LogP contribution in [0.4, 0.5) is 0 Å². The van der Waals surface area contributed by atoms with Crippen LogP contribution in [-0.4, -0.2) is 44.3 Å². The topological polar surface area (TPSA) is 75.4 Å². The minimum atomic E-state index is -0.932. The molecule has 0 radical (unpaired) electrons. The van der Waals surface area contributed by atoms with E-state index in [0.29, 0.717) is 6.54 Å². The van der Waals surface area contributed by atoms with Gasteiger partial charge in [-0.3, -0.25) is 9.48 Å². The van der Waals surface area contributed by atoms with Crippen molar-refractivity contribution in [2.24, 2.45) is 5.41 Å². The molecular weight excluding hydrogens is 246 g/mol. The summed E-state index contributed by atoms with van der Waals surface area (Å²) in [5.41, 5.74) is -0.399. The van der Waals surface area contributed by atoms with Gasteiger partial charge < -0.3 is 10.0 Å². The van der Waals surface area contributed by atoms with Crippen LogP contribution in [0.3, 0.4) is 0 Å². The van der Waals surface area contributed by atoms with E-state index in [2.05, 4.69) is 5.10 Å². The SMILES string of the molecule is CC1(C)CCCN(C(=O)Cn2cccn2)C1C(=O)O. The molecular formula is C13H19N3O3. The van der Waals surface area contributed by atoms with Gasteiger partial charge in [0, 0.05) is 18.9 Å². The van der Waals surface area contributed by atoms with E-state index in [9.17, 15) is 14.7 Å². The zero-order valence-electron chi connectivity index (χ0n) is 11.2. The number of rotatable bonds is 3. The van der Waals surface area contributed by atoms with Gasteiger partial charge in [-0.1, -0.05) is 13.8 Å². The number of amides is 1. The molecule has 0 bridgehead atoms. The average molecular weight is 265 g/mol. The first-order valence-corrected chi connectivity index (χ1v) is 6.41. The molecule has 1 amide bonds. The molecule has 6 nitrogen and oxygen atoms in total. The van der Waals surface area contributed by atoms with Crippen molar-refractivity contribution in [2.75, 3.05) is 6.54 Å². The van der Waals surface area contributed by atoms with Crippen molar-refractivity contribution in [3.63, 3.8) is 0 Å². The lowest BCUT2D eigenvalue weighted by Crippen LogP contribution is -2.57. The van der Waals surface area contributed by atoms with E-state index in [-0.39, 0.29) is 12.5 Å². The Balaban J connectivity index is 2.16. The van der Waals surface area contributed by atoms with Crippen LogP contribution in [0.5, 0.6) is 0 Å². The number of carbonyl (C=O) groups is 2. The smallest absolute Gasteiger partial charge is 0.326 e. The standard InChI is InChI=1S/C13H19N3O3/c1-13(2)5-3-8-16(11(13)12(18)19)10(17)9-15-7-4-6-14-15/h4,6-7,11H,3,5,8-9H2,1-2H3,(H,18,19). The van der Waals surface area contributed by atoms with Gasteiger partial charge >= 0.3 is 5.97 Å². The Morgan fingerprint density at radius 1 is 1.47 bits per heavy atom. The normalized spacial score (nSPS) is 22.2. The van der Waals surface area contributed by atoms with E-state index in [1.807, 2.05) is 13.8 Å². The van der Waals surface area contributed by atoms with Gasteiger partial charge in [-0.05, 0) is 24.3 Å². The first-order valence-electron chi connectivity index (χ1n) is 6.41. The molecule has 1 atom stereocenters. The fraction of sp³-hybridized carbons (Fsp3) is 0.615. The Morgan fingerprint density at radius 2 is 2.21 bits per heavy atom. The number of hydrogen-bond acceptors (Lipinski definition) is 3. The molecule has 0 aromatic carbocycles. The van der Waals surface area contributed by atoms with Crippen molar-refractivity contribution < 1.29 is 14.7 Å². The number of carbonyl (C=O) groups excluding carboxylic acids is 1. The summed E-state index contributed by atoms with van der Waals surface area (Å²) in [5, 5.41) is 13.4. The van der Waals surface area contributed by atoms with Gasteiger partial charge in [0.1, 0.15) is 12.6 Å². The third kappa shape index (κ3) is 2.77. The zero-order valence-corrected chi connectivity index (χ0v) is 11.2. The van der Waals surface area contributed by atoms with Gasteiger partial charge in [-0.2, -0.15) is 5.10 Å². The Bertz CT molecular complexity index is 467. The van der Waals surface area contributed by atoms with Gasteiger partial charge in [-0.25, -0.2) is 4.79 Å². The third-order valence-electron chi connectivity index (χ3n) is 3.68. The Morgan fingerprint density at radius 3 is 2.79 bits per heavy atom. The molecule has 1 aliphatic heterocycles. The van der Waals surface area contributed by atoms with Gasteiger partial charge in [-0.15, -0.1) is 0 Å². The summed E-state index contributed by atoms with van der Waals surface area (Å²) in [7, 11) is 0. The second-order valence-electron chi connectivity index (χ2n) is 5.62. The molecule has 1 unspecified atom stereocenters. The summed E-state index contributed by atoms with van der Waals surface area (Å²) in [6.07, 6.45) is 4.95. The average Bonchev–Trinajstić information content (AvgIpc) is 2.79. The maximum atomic E-state index is 12.3. The monoisotopic (exact) mass is 265 g/mol. The Kier molecular flexibility index (Phi) is 3.59. The van der Waals surface area contributed by atoms with Crippen molar-refractivity contribution >= 4 is 11.9 Å². The molecule has 1 fully saturated rings. The highest BCUT2D eigenvalue weighted by atomic mass is 16.4. The van der Waals surface area contributed by atoms with Crippen LogP contribution < -0.4 is 0 Å². The summed E-state index contributed by atoms with van der Waals surface area (Å²) in [6.45, 7) is 4.39. The van der Waals surface area contributed by atoms with Gasteiger partial charge in [0.25, 0.3) is 0 Å². The van der Waals surface area contributed by atoms with Crippen molar-refractivity contribution in [3.8, 4) is 0 Å². The molecule has 0 saturated carbocycles. The fourth-order valence-corrected chi connectivity index (χ4v) is 2.75. The number of carboxylic acids is 1. The number of piperidine rings is 1. The minimum absolute atomic E-state index is 0.0901. The highest BCUT2D eigenvalue weighted by molar-refractivity contribution is 5.84. The summed E-state index contributed by atoms with van der Waals surface area (Å²) >= 11 is 0. The van der Waals surface area contributed by atoms with Gasteiger partial charge in [0.2, 0.25) is 5.91 Å². The van der Waals surface area contributed by atoms with Gasteiger partial charge in [0.05, 0.1) is 0 Å². The first kappa shape index (κ1) is 13.6. The van der Waals surface area contributed by atoms with E-state index in [4.69, 9.17) is 0 Å². The summed E-state index contributed by atoms with van der Waals surface area (Å²) < 4.78 is 1.52. The third-order valence-corrected chi connectivity index (χ3v) is 3.68. The molecule has 1 aromatic heterocycles. The largest absolute Gasteiger partial charge is 0.480 e. The van der Waals surface area contributed by atoms with Crippen LogP contribution in [0.15, 0.2) is 18.5 Å². The van der Waals surface area contributed by atoms with E-state index < -0.39 is 17.4 Å². The molecule has 2 heterocycles. The number of aromatic nitrogens is 2. The maximum Gasteiger partial charge on any atom is 0.326 e. The quantitative estimate of drug-likeness (QED) is 0.884. The van der Waals surface area contributed by atoms with Crippen LogP contribution in [-0.2, 0) is 16.1 Å². The molecule has 104 valence electrons. The predicted octanol–water partition coefficient (Wildman–Crippen LogP) is 0.985. The van der Waals surface area contributed by atoms with Crippen LogP contribution in [0, 0.1) is 5.41 Å². The van der Waals surface area contributed by atoms with Crippen molar-refractivity contribution in [1.29, 1.82) is 0 Å². The van der Waals surface area contributed by atoms with Crippen LogP contribution in [0.1, 0.15) is 26.7 Å². The maximum absolute atomic E-state index is 12.3. The van der Waals surface area contributed by atoms with E-state index in [1.165, 1.54) is 9.58 Å². The second kappa shape index (κ2) is 5.03. The highest BCUT2D eigenvalue weighted by Gasteiger charge is 2.44. The number of aliphatic carboxylic acids is 1. The molecule has 1 aromatic rings. The molecule has 6 heteroatoms.